The third kappa shape index (κ3) is 3.89. The molecular formula is C27H23FN4O3. The van der Waals surface area contributed by atoms with E-state index in [0.717, 1.165) is 48.2 Å². The Hall–Kier alpha value is -3.91. The van der Waals surface area contributed by atoms with Crippen molar-refractivity contribution in [3.8, 4) is 34.0 Å². The van der Waals surface area contributed by atoms with Gasteiger partial charge in [0.2, 0.25) is 5.82 Å². The van der Waals surface area contributed by atoms with Gasteiger partial charge in [0, 0.05) is 42.0 Å². The van der Waals surface area contributed by atoms with Crippen molar-refractivity contribution >= 4 is 5.97 Å². The lowest BCUT2D eigenvalue weighted by Gasteiger charge is -2.39. The number of fused-ring (bicyclic) bond motifs is 1. The van der Waals surface area contributed by atoms with Crippen molar-refractivity contribution in [3.05, 3.63) is 77.4 Å². The number of carboxylic acid groups (broad SMARTS) is 1. The first-order valence-corrected chi connectivity index (χ1v) is 11.6. The highest BCUT2D eigenvalue weighted by atomic mass is 19.1. The predicted molar refractivity (Wildman–Crippen MR) is 126 cm³/mol. The summed E-state index contributed by atoms with van der Waals surface area (Å²) in [5.74, 6) is -0.350. The summed E-state index contributed by atoms with van der Waals surface area (Å²) in [6, 6.07) is 13.8. The molecule has 0 radical (unpaired) electrons. The molecule has 176 valence electrons. The van der Waals surface area contributed by atoms with Crippen molar-refractivity contribution < 1.29 is 18.8 Å². The maximum absolute atomic E-state index is 14.2. The van der Waals surface area contributed by atoms with E-state index in [9.17, 15) is 9.18 Å². The Bertz CT molecular complexity index is 1440. The third-order valence-electron chi connectivity index (χ3n) is 7.15. The van der Waals surface area contributed by atoms with Crippen LogP contribution in [0, 0.1) is 18.7 Å². The van der Waals surface area contributed by atoms with Gasteiger partial charge in [-0.3, -0.25) is 14.7 Å². The summed E-state index contributed by atoms with van der Waals surface area (Å²) in [6.45, 7) is 3.56. The average Bonchev–Trinajstić information content (AvgIpc) is 3.45. The summed E-state index contributed by atoms with van der Waals surface area (Å²) in [6.07, 6.45) is 4.22. The van der Waals surface area contributed by atoms with Crippen LogP contribution < -0.4 is 0 Å². The predicted octanol–water partition coefficient (Wildman–Crippen LogP) is 5.09. The molecule has 3 heterocycles. The Morgan fingerprint density at radius 2 is 1.86 bits per heavy atom. The van der Waals surface area contributed by atoms with Gasteiger partial charge in [-0.15, -0.1) is 0 Å². The summed E-state index contributed by atoms with van der Waals surface area (Å²) >= 11 is 0. The minimum Gasteiger partial charge on any atom is -0.481 e. The zero-order valence-electron chi connectivity index (χ0n) is 19.1. The topological polar surface area (TPSA) is 92.4 Å². The van der Waals surface area contributed by atoms with Crippen molar-refractivity contribution in [2.75, 3.05) is 0 Å². The van der Waals surface area contributed by atoms with Crippen molar-refractivity contribution in [2.24, 2.45) is 5.92 Å². The van der Waals surface area contributed by atoms with Gasteiger partial charge in [-0.05, 0) is 66.3 Å². The molecule has 1 fully saturated rings. The van der Waals surface area contributed by atoms with Gasteiger partial charge in [0.1, 0.15) is 5.82 Å². The standard InChI is InChI=1S/C27H23FN4O3/c1-15-8-17(4-5-22(15)23-6-7-29-12-24(23)28)26-30-25(31-35-26)16-2-3-18-13-32(14-20(18)9-16)21-10-19(11-21)27(33)34/h2-9,12,19,21H,10-11,13-14H2,1H3,(H,33,34)/t19-,21-. The lowest BCUT2D eigenvalue weighted by Crippen LogP contribution is -2.44. The van der Waals surface area contributed by atoms with Crippen LogP contribution in [0.4, 0.5) is 4.39 Å². The van der Waals surface area contributed by atoms with Crippen LogP contribution in [-0.4, -0.2) is 37.1 Å². The fraction of sp³-hybridized carbons (Fsp3) is 0.259. The smallest absolute Gasteiger partial charge is 0.306 e. The molecule has 0 amide bonds. The van der Waals surface area contributed by atoms with Gasteiger partial charge in [0.25, 0.3) is 5.89 Å². The number of aromatic nitrogens is 3. The van der Waals surface area contributed by atoms with Crippen LogP contribution in [-0.2, 0) is 17.9 Å². The van der Waals surface area contributed by atoms with Gasteiger partial charge >= 0.3 is 5.97 Å². The largest absolute Gasteiger partial charge is 0.481 e. The number of nitrogens with zero attached hydrogens (tertiary/aromatic N) is 4. The van der Waals surface area contributed by atoms with E-state index in [1.165, 1.54) is 17.3 Å². The SMILES string of the molecule is Cc1cc(-c2nc(-c3ccc4c(c3)CN([C@H]3C[C@H](C(=O)O)C3)C4)no2)ccc1-c1ccncc1F. The van der Waals surface area contributed by atoms with Gasteiger partial charge in [-0.25, -0.2) is 4.39 Å². The van der Waals surface area contributed by atoms with Crippen LogP contribution >= 0.6 is 0 Å². The summed E-state index contributed by atoms with van der Waals surface area (Å²) < 4.78 is 19.7. The van der Waals surface area contributed by atoms with Gasteiger partial charge in [0.15, 0.2) is 0 Å². The fourth-order valence-corrected chi connectivity index (χ4v) is 5.06. The van der Waals surface area contributed by atoms with Gasteiger partial charge in [-0.2, -0.15) is 4.98 Å². The molecule has 0 saturated heterocycles. The van der Waals surface area contributed by atoms with Gasteiger partial charge in [0.05, 0.1) is 12.1 Å². The van der Waals surface area contributed by atoms with E-state index in [4.69, 9.17) is 9.63 Å². The molecule has 1 N–H and O–H groups in total. The molecule has 1 aliphatic heterocycles. The lowest BCUT2D eigenvalue weighted by molar-refractivity contribution is -0.147. The highest BCUT2D eigenvalue weighted by Crippen LogP contribution is 2.38. The van der Waals surface area contributed by atoms with E-state index < -0.39 is 5.97 Å². The van der Waals surface area contributed by atoms with Gasteiger partial charge < -0.3 is 9.63 Å². The third-order valence-corrected chi connectivity index (χ3v) is 7.15. The normalized spacial score (nSPS) is 19.4. The van der Waals surface area contributed by atoms with Crippen LogP contribution in [0.2, 0.25) is 0 Å². The Morgan fingerprint density at radius 3 is 2.63 bits per heavy atom. The molecule has 2 aromatic heterocycles. The zero-order valence-corrected chi connectivity index (χ0v) is 19.1. The number of aryl methyl sites for hydroxylation is 1. The molecule has 8 heteroatoms. The van der Waals surface area contributed by atoms with Crippen LogP contribution in [0.5, 0.6) is 0 Å². The Labute approximate surface area is 201 Å². The molecule has 35 heavy (non-hydrogen) atoms. The number of aliphatic carboxylic acids is 1. The molecule has 2 aromatic carbocycles. The number of carboxylic acids is 1. The first-order valence-electron chi connectivity index (χ1n) is 11.6. The monoisotopic (exact) mass is 470 g/mol. The maximum atomic E-state index is 14.2. The molecule has 0 bridgehead atoms. The van der Waals surface area contributed by atoms with Crippen molar-refractivity contribution in [1.82, 2.24) is 20.0 Å². The molecule has 6 rings (SSSR count). The van der Waals surface area contributed by atoms with E-state index in [0.29, 0.717) is 23.3 Å². The first-order chi connectivity index (χ1) is 17.0. The van der Waals surface area contributed by atoms with Crippen molar-refractivity contribution in [3.63, 3.8) is 0 Å². The lowest BCUT2D eigenvalue weighted by atomic mass is 9.79. The zero-order chi connectivity index (χ0) is 24.1. The van der Waals surface area contributed by atoms with Crippen LogP contribution in [0.25, 0.3) is 34.0 Å². The van der Waals surface area contributed by atoms with E-state index in [1.54, 1.807) is 12.3 Å². The molecule has 2 aliphatic rings. The van der Waals surface area contributed by atoms with E-state index in [2.05, 4.69) is 32.2 Å². The number of carbonyl (C=O) groups is 1. The fourth-order valence-electron chi connectivity index (χ4n) is 5.06. The summed E-state index contributed by atoms with van der Waals surface area (Å²) in [5.41, 5.74) is 6.30. The minimum absolute atomic E-state index is 0.210. The number of rotatable bonds is 5. The maximum Gasteiger partial charge on any atom is 0.306 e. The average molecular weight is 471 g/mol. The minimum atomic E-state index is -0.692. The molecular weight excluding hydrogens is 447 g/mol. The quantitative estimate of drug-likeness (QED) is 0.434. The van der Waals surface area contributed by atoms with Crippen LogP contribution in [0.15, 0.2) is 59.4 Å². The second-order valence-electron chi connectivity index (χ2n) is 9.36. The van der Waals surface area contributed by atoms with Gasteiger partial charge in [-0.1, -0.05) is 23.4 Å². The second-order valence-corrected chi connectivity index (χ2v) is 9.36. The number of hydrogen-bond acceptors (Lipinski definition) is 6. The highest BCUT2D eigenvalue weighted by Gasteiger charge is 2.39. The van der Waals surface area contributed by atoms with Crippen molar-refractivity contribution in [2.45, 2.75) is 38.9 Å². The van der Waals surface area contributed by atoms with E-state index >= 15 is 0 Å². The Balaban J connectivity index is 1.20. The van der Waals surface area contributed by atoms with Crippen LogP contribution in [0.1, 0.15) is 29.5 Å². The number of halogens is 1. The summed E-state index contributed by atoms with van der Waals surface area (Å²) in [4.78, 5) is 21.9. The molecule has 0 spiro atoms. The molecule has 0 unspecified atom stereocenters. The number of pyridine rings is 1. The molecule has 1 saturated carbocycles. The Kier molecular flexibility index (Phi) is 5.18. The van der Waals surface area contributed by atoms with Crippen LogP contribution in [0.3, 0.4) is 0 Å². The molecule has 4 aromatic rings. The second kappa shape index (κ2) is 8.39. The van der Waals surface area contributed by atoms with E-state index in [1.807, 2.05) is 31.2 Å². The number of hydrogen-bond donors (Lipinski definition) is 1. The first kappa shape index (κ1) is 21.6. The summed E-state index contributed by atoms with van der Waals surface area (Å²) in [7, 11) is 0. The highest BCUT2D eigenvalue weighted by molar-refractivity contribution is 5.72. The van der Waals surface area contributed by atoms with Crippen molar-refractivity contribution in [1.29, 1.82) is 0 Å². The molecule has 0 atom stereocenters. The van der Waals surface area contributed by atoms with E-state index in [-0.39, 0.29) is 11.7 Å². The summed E-state index contributed by atoms with van der Waals surface area (Å²) in [5, 5.41) is 13.3. The molecule has 7 nitrogen and oxygen atoms in total. The Morgan fingerprint density at radius 1 is 1.06 bits per heavy atom. The number of benzene rings is 2. The molecule has 1 aliphatic carbocycles.